The van der Waals surface area contributed by atoms with E-state index in [2.05, 4.69) is 15.0 Å². The third kappa shape index (κ3) is 3.56. The van der Waals surface area contributed by atoms with Gasteiger partial charge in [-0.15, -0.1) is 0 Å². The molecule has 4 rings (SSSR count). The van der Waals surface area contributed by atoms with Gasteiger partial charge >= 0.3 is 6.01 Å². The summed E-state index contributed by atoms with van der Waals surface area (Å²) in [5, 5.41) is 4.11. The molecule has 7 heteroatoms. The molecule has 0 N–H and O–H groups in total. The highest BCUT2D eigenvalue weighted by atomic mass is 16.5. The lowest BCUT2D eigenvalue weighted by molar-refractivity contribution is -0.145. The van der Waals surface area contributed by atoms with Crippen molar-refractivity contribution in [1.82, 2.24) is 15.0 Å². The number of hydrogen-bond acceptors (Lipinski definition) is 6. The van der Waals surface area contributed by atoms with Crippen LogP contribution in [0, 0.1) is 5.41 Å². The van der Waals surface area contributed by atoms with E-state index in [1.165, 1.54) is 0 Å². The number of carbonyl (C=O) groups is 1. The molecule has 0 bridgehead atoms. The summed E-state index contributed by atoms with van der Waals surface area (Å²) >= 11 is 0. The van der Waals surface area contributed by atoms with Crippen LogP contribution in [0.15, 0.2) is 34.9 Å². The van der Waals surface area contributed by atoms with Crippen LogP contribution < -0.4 is 4.90 Å². The van der Waals surface area contributed by atoms with Crippen molar-refractivity contribution < 1.29 is 14.1 Å². The predicted molar refractivity (Wildman–Crippen MR) is 101 cm³/mol. The monoisotopic (exact) mass is 370 g/mol. The molecule has 2 fully saturated rings. The molecular weight excluding hydrogens is 344 g/mol. The lowest BCUT2D eigenvalue weighted by Crippen LogP contribution is -2.50. The molecule has 1 amide bonds. The number of methoxy groups -OCH3 is 1. The van der Waals surface area contributed by atoms with E-state index in [1.807, 2.05) is 35.2 Å². The molecule has 1 aromatic carbocycles. The standard InChI is InChI=1S/C20H26N4O3/c1-26-14-6-12-23-11-5-9-20(18(23)25)10-13-24(15-20)19-21-17(22-27-19)16-7-3-2-4-8-16/h2-4,7-8H,5-6,9-15H2,1H3/t20-/m1/s1. The van der Waals surface area contributed by atoms with E-state index in [4.69, 9.17) is 9.26 Å². The number of amides is 1. The summed E-state index contributed by atoms with van der Waals surface area (Å²) in [6.45, 7) is 3.74. The third-order valence-corrected chi connectivity index (χ3v) is 5.67. The number of ether oxygens (including phenoxy) is 1. The number of benzene rings is 1. The first kappa shape index (κ1) is 18.0. The molecule has 1 atom stereocenters. The summed E-state index contributed by atoms with van der Waals surface area (Å²) in [6.07, 6.45) is 3.70. The Kier molecular flexibility index (Phi) is 5.11. The molecule has 3 heterocycles. The average molecular weight is 370 g/mol. The Morgan fingerprint density at radius 2 is 2.07 bits per heavy atom. The first-order chi connectivity index (χ1) is 13.2. The van der Waals surface area contributed by atoms with Crippen LogP contribution >= 0.6 is 0 Å². The van der Waals surface area contributed by atoms with Crippen molar-refractivity contribution in [3.8, 4) is 11.4 Å². The lowest BCUT2D eigenvalue weighted by atomic mass is 9.78. The van der Waals surface area contributed by atoms with E-state index in [1.54, 1.807) is 7.11 Å². The maximum atomic E-state index is 13.1. The molecule has 1 spiro atoms. The van der Waals surface area contributed by atoms with Gasteiger partial charge in [-0.3, -0.25) is 4.79 Å². The largest absolute Gasteiger partial charge is 0.385 e. The molecular formula is C20H26N4O3. The van der Waals surface area contributed by atoms with Crippen molar-refractivity contribution in [3.63, 3.8) is 0 Å². The molecule has 7 nitrogen and oxygen atoms in total. The average Bonchev–Trinajstić information content (AvgIpc) is 3.34. The maximum Gasteiger partial charge on any atom is 0.324 e. The molecule has 0 unspecified atom stereocenters. The molecule has 2 aliphatic rings. The van der Waals surface area contributed by atoms with Crippen molar-refractivity contribution in [3.05, 3.63) is 30.3 Å². The van der Waals surface area contributed by atoms with Crippen molar-refractivity contribution in [2.75, 3.05) is 44.8 Å². The van der Waals surface area contributed by atoms with Crippen molar-refractivity contribution in [2.45, 2.75) is 25.7 Å². The molecule has 2 aromatic rings. The van der Waals surface area contributed by atoms with Crippen LogP contribution in [0.25, 0.3) is 11.4 Å². The summed E-state index contributed by atoms with van der Waals surface area (Å²) in [4.78, 5) is 21.8. The van der Waals surface area contributed by atoms with Gasteiger partial charge in [0.05, 0.1) is 5.41 Å². The third-order valence-electron chi connectivity index (χ3n) is 5.67. The number of aromatic nitrogens is 2. The predicted octanol–water partition coefficient (Wildman–Crippen LogP) is 2.59. The van der Waals surface area contributed by atoms with Gasteiger partial charge in [-0.1, -0.05) is 35.5 Å². The fraction of sp³-hybridized carbons (Fsp3) is 0.550. The quantitative estimate of drug-likeness (QED) is 0.728. The van der Waals surface area contributed by atoms with E-state index >= 15 is 0 Å². The van der Waals surface area contributed by atoms with Gasteiger partial charge in [0.15, 0.2) is 0 Å². The minimum absolute atomic E-state index is 0.273. The SMILES string of the molecule is COCCCN1CCC[C@]2(CCN(c3nc(-c4ccccc4)no3)C2)C1=O. The minimum atomic E-state index is -0.313. The Hall–Kier alpha value is -2.41. The number of rotatable bonds is 6. The van der Waals surface area contributed by atoms with Crippen LogP contribution in [0.4, 0.5) is 6.01 Å². The van der Waals surface area contributed by atoms with Crippen molar-refractivity contribution in [2.24, 2.45) is 5.41 Å². The van der Waals surface area contributed by atoms with Gasteiger partial charge in [0.25, 0.3) is 0 Å². The second-order valence-corrected chi connectivity index (χ2v) is 7.46. The summed E-state index contributed by atoms with van der Waals surface area (Å²) in [5.41, 5.74) is 0.617. The first-order valence-corrected chi connectivity index (χ1v) is 9.64. The molecule has 27 heavy (non-hydrogen) atoms. The van der Waals surface area contributed by atoms with Gasteiger partial charge in [0, 0.05) is 45.5 Å². The highest BCUT2D eigenvalue weighted by molar-refractivity contribution is 5.85. The van der Waals surface area contributed by atoms with Crippen LogP contribution in [-0.4, -0.2) is 60.8 Å². The van der Waals surface area contributed by atoms with Gasteiger partial charge in [0.2, 0.25) is 11.7 Å². The molecule has 2 aliphatic heterocycles. The van der Waals surface area contributed by atoms with E-state index < -0.39 is 0 Å². The van der Waals surface area contributed by atoms with Gasteiger partial charge in [0.1, 0.15) is 0 Å². The van der Waals surface area contributed by atoms with Crippen molar-refractivity contribution >= 4 is 11.9 Å². The van der Waals surface area contributed by atoms with Gasteiger partial charge in [-0.25, -0.2) is 0 Å². The summed E-state index contributed by atoms with van der Waals surface area (Å²) in [5.74, 6) is 0.859. The van der Waals surface area contributed by atoms with Crippen LogP contribution in [0.3, 0.4) is 0 Å². The minimum Gasteiger partial charge on any atom is -0.385 e. The normalized spacial score (nSPS) is 22.8. The number of anilines is 1. The Bertz CT molecular complexity index is 779. The van der Waals surface area contributed by atoms with Crippen molar-refractivity contribution in [1.29, 1.82) is 0 Å². The van der Waals surface area contributed by atoms with E-state index in [-0.39, 0.29) is 11.3 Å². The molecule has 0 saturated carbocycles. The van der Waals surface area contributed by atoms with Crippen LogP contribution in [0.1, 0.15) is 25.7 Å². The fourth-order valence-corrected chi connectivity index (χ4v) is 4.23. The van der Waals surface area contributed by atoms with E-state index in [0.717, 1.165) is 50.9 Å². The number of piperidine rings is 1. The highest BCUT2D eigenvalue weighted by Crippen LogP contribution is 2.41. The summed E-state index contributed by atoms with van der Waals surface area (Å²) in [7, 11) is 1.70. The van der Waals surface area contributed by atoms with Crippen LogP contribution in [0.5, 0.6) is 0 Å². The molecule has 144 valence electrons. The van der Waals surface area contributed by atoms with E-state index in [9.17, 15) is 4.79 Å². The summed E-state index contributed by atoms with van der Waals surface area (Å²) < 4.78 is 10.6. The Morgan fingerprint density at radius 3 is 2.89 bits per heavy atom. The van der Waals surface area contributed by atoms with Gasteiger partial charge in [-0.05, 0) is 25.7 Å². The lowest BCUT2D eigenvalue weighted by Gasteiger charge is -2.39. The number of nitrogens with zero attached hydrogens (tertiary/aromatic N) is 4. The van der Waals surface area contributed by atoms with Crippen LogP contribution in [-0.2, 0) is 9.53 Å². The van der Waals surface area contributed by atoms with Crippen LogP contribution in [0.2, 0.25) is 0 Å². The Morgan fingerprint density at radius 1 is 1.22 bits per heavy atom. The topological polar surface area (TPSA) is 71.7 Å². The Labute approximate surface area is 159 Å². The second kappa shape index (κ2) is 7.68. The first-order valence-electron chi connectivity index (χ1n) is 9.64. The number of likely N-dealkylation sites (tertiary alicyclic amines) is 1. The summed E-state index contributed by atoms with van der Waals surface area (Å²) in [6, 6.07) is 10.3. The zero-order chi connectivity index (χ0) is 18.7. The maximum absolute atomic E-state index is 13.1. The highest BCUT2D eigenvalue weighted by Gasteiger charge is 2.49. The zero-order valence-corrected chi connectivity index (χ0v) is 15.8. The Balaban J connectivity index is 1.45. The molecule has 0 radical (unpaired) electrons. The second-order valence-electron chi connectivity index (χ2n) is 7.46. The van der Waals surface area contributed by atoms with E-state index in [0.29, 0.717) is 25.0 Å². The molecule has 1 aromatic heterocycles. The fourth-order valence-electron chi connectivity index (χ4n) is 4.23. The zero-order valence-electron chi connectivity index (χ0n) is 15.8. The van der Waals surface area contributed by atoms with Gasteiger partial charge in [-0.2, -0.15) is 4.98 Å². The number of hydrogen-bond donors (Lipinski definition) is 0. The van der Waals surface area contributed by atoms with Gasteiger partial charge < -0.3 is 19.1 Å². The molecule has 2 saturated heterocycles. The number of carbonyl (C=O) groups excluding carboxylic acids is 1. The smallest absolute Gasteiger partial charge is 0.324 e. The molecule has 0 aliphatic carbocycles.